The van der Waals surface area contributed by atoms with E-state index in [1.807, 2.05) is 24.3 Å². The molecule has 1 fully saturated rings. The molecule has 0 bridgehead atoms. The number of nitrogens with one attached hydrogen (secondary N) is 1. The third-order valence-electron chi connectivity index (χ3n) is 4.39. The maximum atomic E-state index is 11.5. The summed E-state index contributed by atoms with van der Waals surface area (Å²) in [5.41, 5.74) is 5.35. The molecule has 1 aliphatic heterocycles. The van der Waals surface area contributed by atoms with Gasteiger partial charge in [-0.2, -0.15) is 0 Å². The van der Waals surface area contributed by atoms with E-state index in [-0.39, 0.29) is 5.91 Å². The molecule has 0 saturated carbocycles. The Balaban J connectivity index is 1.63. The number of rotatable bonds is 3. The summed E-state index contributed by atoms with van der Waals surface area (Å²) in [7, 11) is 0. The first kappa shape index (κ1) is 14.6. The van der Waals surface area contributed by atoms with Gasteiger partial charge in [-0.15, -0.1) is 0 Å². The van der Waals surface area contributed by atoms with Crippen molar-refractivity contribution in [2.45, 2.75) is 18.8 Å². The van der Waals surface area contributed by atoms with Crippen molar-refractivity contribution >= 4 is 11.6 Å². The molecule has 2 aromatic carbocycles. The third kappa shape index (κ3) is 3.12. The Labute approximate surface area is 130 Å². The highest BCUT2D eigenvalue weighted by atomic mass is 16.2. The summed E-state index contributed by atoms with van der Waals surface area (Å²) in [5, 5.41) is 0. The predicted octanol–water partition coefficient (Wildman–Crippen LogP) is 2.67. The van der Waals surface area contributed by atoms with Crippen LogP contribution in [0.1, 0.15) is 34.7 Å². The van der Waals surface area contributed by atoms with Gasteiger partial charge in [0.15, 0.2) is 0 Å². The second kappa shape index (κ2) is 6.62. The van der Waals surface area contributed by atoms with Gasteiger partial charge in [0.25, 0.3) is 5.91 Å². The molecule has 0 unspecified atom stereocenters. The first-order valence-electron chi connectivity index (χ1n) is 7.69. The van der Waals surface area contributed by atoms with Crippen LogP contribution in [0.5, 0.6) is 0 Å². The molecule has 0 spiro atoms. The Bertz CT molecular complexity index is 617. The van der Waals surface area contributed by atoms with Crippen LogP contribution in [0.25, 0.3) is 0 Å². The average Bonchev–Trinajstić information content (AvgIpc) is 2.62. The number of hydrazine groups is 1. The summed E-state index contributed by atoms with van der Waals surface area (Å²) in [5.74, 6) is 5.54. The summed E-state index contributed by atoms with van der Waals surface area (Å²) in [4.78, 5) is 13.8. The van der Waals surface area contributed by atoms with E-state index in [1.165, 1.54) is 11.3 Å². The topological polar surface area (TPSA) is 58.4 Å². The lowest BCUT2D eigenvalue weighted by Gasteiger charge is -2.34. The maximum absolute atomic E-state index is 11.5. The molecule has 1 aliphatic rings. The highest BCUT2D eigenvalue weighted by Crippen LogP contribution is 2.30. The number of amides is 1. The number of benzene rings is 2. The molecule has 3 rings (SSSR count). The molecule has 4 heteroatoms. The molecule has 0 atom stereocenters. The molecule has 1 amide bonds. The molecule has 0 aromatic heterocycles. The van der Waals surface area contributed by atoms with Crippen LogP contribution < -0.4 is 16.2 Å². The second-order valence-electron chi connectivity index (χ2n) is 5.69. The summed E-state index contributed by atoms with van der Waals surface area (Å²) >= 11 is 0. The van der Waals surface area contributed by atoms with Crippen molar-refractivity contribution in [2.75, 3.05) is 18.0 Å². The number of piperidine rings is 1. The number of carbonyl (C=O) groups excluding carboxylic acids is 1. The molecule has 0 aliphatic carbocycles. The van der Waals surface area contributed by atoms with Gasteiger partial charge in [-0.3, -0.25) is 10.2 Å². The largest absolute Gasteiger partial charge is 0.371 e. The molecule has 1 saturated heterocycles. The molecule has 2 aromatic rings. The van der Waals surface area contributed by atoms with Crippen LogP contribution >= 0.6 is 0 Å². The molecule has 22 heavy (non-hydrogen) atoms. The molecule has 114 valence electrons. The fraction of sp³-hybridized carbons (Fsp3) is 0.278. The second-order valence-corrected chi connectivity index (χ2v) is 5.69. The van der Waals surface area contributed by atoms with E-state index in [9.17, 15) is 4.79 Å². The van der Waals surface area contributed by atoms with E-state index < -0.39 is 0 Å². The highest BCUT2D eigenvalue weighted by molar-refractivity contribution is 5.94. The summed E-state index contributed by atoms with van der Waals surface area (Å²) in [6, 6.07) is 18.4. The van der Waals surface area contributed by atoms with E-state index in [4.69, 9.17) is 5.84 Å². The van der Waals surface area contributed by atoms with Crippen molar-refractivity contribution in [3.8, 4) is 0 Å². The minimum Gasteiger partial charge on any atom is -0.371 e. The van der Waals surface area contributed by atoms with E-state index in [1.54, 1.807) is 0 Å². The lowest BCUT2D eigenvalue weighted by Crippen LogP contribution is -2.33. The number of carbonyl (C=O) groups is 1. The highest BCUT2D eigenvalue weighted by Gasteiger charge is 2.20. The fourth-order valence-electron chi connectivity index (χ4n) is 3.10. The summed E-state index contributed by atoms with van der Waals surface area (Å²) in [6.45, 7) is 2.09. The average molecular weight is 295 g/mol. The third-order valence-corrected chi connectivity index (χ3v) is 4.39. The van der Waals surface area contributed by atoms with Crippen molar-refractivity contribution in [1.29, 1.82) is 0 Å². The van der Waals surface area contributed by atoms with Crippen LogP contribution in [0.2, 0.25) is 0 Å². The monoisotopic (exact) mass is 295 g/mol. The first-order valence-corrected chi connectivity index (χ1v) is 7.69. The van der Waals surface area contributed by atoms with Crippen LogP contribution in [-0.4, -0.2) is 19.0 Å². The zero-order valence-electron chi connectivity index (χ0n) is 12.5. The minimum atomic E-state index is -0.255. The molecule has 1 heterocycles. The lowest BCUT2D eigenvalue weighted by atomic mass is 9.89. The molecular formula is C18H21N3O. The molecular weight excluding hydrogens is 274 g/mol. The van der Waals surface area contributed by atoms with E-state index in [2.05, 4.69) is 40.7 Å². The van der Waals surface area contributed by atoms with Crippen molar-refractivity contribution in [2.24, 2.45) is 5.84 Å². The van der Waals surface area contributed by atoms with Gasteiger partial charge in [0.1, 0.15) is 0 Å². The Morgan fingerprint density at radius 1 is 1.00 bits per heavy atom. The van der Waals surface area contributed by atoms with Crippen molar-refractivity contribution in [1.82, 2.24) is 5.43 Å². The quantitative estimate of drug-likeness (QED) is 0.520. The van der Waals surface area contributed by atoms with E-state index >= 15 is 0 Å². The Morgan fingerprint density at radius 3 is 2.23 bits per heavy atom. The van der Waals surface area contributed by atoms with Gasteiger partial charge in [-0.1, -0.05) is 30.3 Å². The fourth-order valence-corrected chi connectivity index (χ4v) is 3.10. The van der Waals surface area contributed by atoms with Crippen LogP contribution in [-0.2, 0) is 0 Å². The number of hydrogen-bond acceptors (Lipinski definition) is 3. The number of anilines is 1. The zero-order valence-corrected chi connectivity index (χ0v) is 12.5. The smallest absolute Gasteiger partial charge is 0.265 e. The molecule has 0 radical (unpaired) electrons. The Kier molecular flexibility index (Phi) is 4.39. The number of hydrogen-bond donors (Lipinski definition) is 2. The molecule has 4 nitrogen and oxygen atoms in total. The summed E-state index contributed by atoms with van der Waals surface area (Å²) < 4.78 is 0. The predicted molar refractivity (Wildman–Crippen MR) is 88.7 cm³/mol. The number of nitrogens with zero attached hydrogens (tertiary/aromatic N) is 1. The summed E-state index contributed by atoms with van der Waals surface area (Å²) in [6.07, 6.45) is 2.32. The van der Waals surface area contributed by atoms with Crippen LogP contribution in [0, 0.1) is 0 Å². The standard InChI is InChI=1S/C18H21N3O/c19-20-18(22)16-6-8-17(9-7-16)21-12-10-15(11-13-21)14-4-2-1-3-5-14/h1-9,15H,10-13,19H2,(H,20,22). The van der Waals surface area contributed by atoms with Gasteiger partial charge < -0.3 is 4.90 Å². The zero-order chi connectivity index (χ0) is 15.4. The van der Waals surface area contributed by atoms with Gasteiger partial charge in [-0.05, 0) is 48.6 Å². The lowest BCUT2D eigenvalue weighted by molar-refractivity contribution is 0.0953. The van der Waals surface area contributed by atoms with Crippen molar-refractivity contribution in [3.05, 3.63) is 65.7 Å². The Morgan fingerprint density at radius 2 is 1.64 bits per heavy atom. The van der Waals surface area contributed by atoms with E-state index in [0.29, 0.717) is 11.5 Å². The number of nitrogens with two attached hydrogens (primary N) is 1. The molecule has 3 N–H and O–H groups in total. The van der Waals surface area contributed by atoms with Gasteiger partial charge in [0.05, 0.1) is 0 Å². The van der Waals surface area contributed by atoms with Gasteiger partial charge >= 0.3 is 0 Å². The van der Waals surface area contributed by atoms with Crippen molar-refractivity contribution in [3.63, 3.8) is 0 Å². The Hall–Kier alpha value is -2.33. The van der Waals surface area contributed by atoms with Crippen LogP contribution in [0.3, 0.4) is 0 Å². The first-order chi connectivity index (χ1) is 10.8. The van der Waals surface area contributed by atoms with E-state index in [0.717, 1.165) is 25.9 Å². The number of nitrogen functional groups attached to an aromatic ring is 1. The maximum Gasteiger partial charge on any atom is 0.265 e. The minimum absolute atomic E-state index is 0.255. The van der Waals surface area contributed by atoms with Crippen LogP contribution in [0.15, 0.2) is 54.6 Å². The SMILES string of the molecule is NNC(=O)c1ccc(N2CCC(c3ccccc3)CC2)cc1. The van der Waals surface area contributed by atoms with Gasteiger partial charge in [0, 0.05) is 24.3 Å². The van der Waals surface area contributed by atoms with Crippen LogP contribution in [0.4, 0.5) is 5.69 Å². The van der Waals surface area contributed by atoms with Gasteiger partial charge in [-0.25, -0.2) is 5.84 Å². The van der Waals surface area contributed by atoms with Gasteiger partial charge in [0.2, 0.25) is 0 Å². The normalized spacial score (nSPS) is 15.6. The van der Waals surface area contributed by atoms with Crippen molar-refractivity contribution < 1.29 is 4.79 Å².